The van der Waals surface area contributed by atoms with Crippen molar-refractivity contribution in [3.63, 3.8) is 0 Å². The van der Waals surface area contributed by atoms with E-state index in [-0.39, 0.29) is 12.6 Å². The predicted octanol–water partition coefficient (Wildman–Crippen LogP) is 8.49. The maximum Gasteiger partial charge on any atom is 0.201 e. The van der Waals surface area contributed by atoms with E-state index in [1.807, 2.05) is 0 Å². The highest BCUT2D eigenvalue weighted by Gasteiger charge is 2.43. The Balaban J connectivity index is 4.55. The summed E-state index contributed by atoms with van der Waals surface area (Å²) in [6.45, 7) is 28.5. The molecule has 0 aliphatic rings. The average molecular weight is 477 g/mol. The molecular formula is C25H56O4Si2. The zero-order valence-electron chi connectivity index (χ0n) is 23.0. The normalized spacial score (nSPS) is 15.5. The zero-order chi connectivity index (χ0) is 24.2. The van der Waals surface area contributed by atoms with Gasteiger partial charge in [0.05, 0.1) is 13.2 Å². The van der Waals surface area contributed by atoms with Gasteiger partial charge in [0.1, 0.15) is 12.6 Å². The quantitative estimate of drug-likeness (QED) is 0.113. The summed E-state index contributed by atoms with van der Waals surface area (Å²) in [7, 11) is -3.66. The summed E-state index contributed by atoms with van der Waals surface area (Å²) in [5.41, 5.74) is 2.37. The Morgan fingerprint density at radius 3 is 1.03 bits per heavy atom. The van der Waals surface area contributed by atoms with E-state index in [0.717, 1.165) is 6.42 Å². The Bertz CT molecular complexity index is 399. The molecule has 0 aliphatic carbocycles. The van der Waals surface area contributed by atoms with Crippen molar-refractivity contribution >= 4 is 16.6 Å². The minimum Gasteiger partial charge on any atom is -0.392 e. The third kappa shape index (κ3) is 9.58. The van der Waals surface area contributed by atoms with E-state index in [2.05, 4.69) is 83.1 Å². The van der Waals surface area contributed by atoms with Gasteiger partial charge in [0.15, 0.2) is 0 Å². The topological polar surface area (TPSA) is 36.9 Å². The van der Waals surface area contributed by atoms with Crippen LogP contribution in [-0.4, -0.2) is 42.4 Å². The van der Waals surface area contributed by atoms with Crippen molar-refractivity contribution in [1.82, 2.24) is 0 Å². The number of ether oxygens (including phenoxy) is 2. The molecule has 2 unspecified atom stereocenters. The molecule has 0 rings (SSSR count). The highest BCUT2D eigenvalue weighted by Crippen LogP contribution is 2.40. The molecule has 0 heterocycles. The van der Waals surface area contributed by atoms with E-state index in [0.29, 0.717) is 35.4 Å². The van der Waals surface area contributed by atoms with Gasteiger partial charge in [-0.25, -0.2) is 0 Å². The second kappa shape index (κ2) is 15.2. The Morgan fingerprint density at radius 2 is 0.806 bits per heavy atom. The van der Waals surface area contributed by atoms with Gasteiger partial charge in [0.2, 0.25) is 16.6 Å². The van der Waals surface area contributed by atoms with Crippen LogP contribution in [0, 0.1) is 0 Å². The SMILES string of the molecule is CCC[Si](OC(C)OCCCOC(C)O[Si](CCC)(C(C)C)C(C)C)(C(C)C)C(C)C. The van der Waals surface area contributed by atoms with E-state index in [1.54, 1.807) is 0 Å². The molecule has 188 valence electrons. The lowest BCUT2D eigenvalue weighted by Crippen LogP contribution is -2.47. The number of rotatable bonds is 18. The van der Waals surface area contributed by atoms with E-state index >= 15 is 0 Å². The van der Waals surface area contributed by atoms with Crippen molar-refractivity contribution in [2.24, 2.45) is 0 Å². The third-order valence-electron chi connectivity index (χ3n) is 6.96. The molecule has 6 heteroatoms. The average Bonchev–Trinajstić information content (AvgIpc) is 2.65. The van der Waals surface area contributed by atoms with Crippen molar-refractivity contribution < 1.29 is 18.3 Å². The van der Waals surface area contributed by atoms with Crippen LogP contribution in [0.2, 0.25) is 34.3 Å². The van der Waals surface area contributed by atoms with Crippen LogP contribution in [0.4, 0.5) is 0 Å². The summed E-state index contributed by atoms with van der Waals surface area (Å²) in [5.74, 6) is 0. The molecule has 0 saturated heterocycles. The van der Waals surface area contributed by atoms with E-state index in [1.165, 1.54) is 24.9 Å². The summed E-state index contributed by atoms with van der Waals surface area (Å²) < 4.78 is 25.3. The molecule has 4 nitrogen and oxygen atoms in total. The first-order chi connectivity index (χ1) is 14.4. The van der Waals surface area contributed by atoms with Gasteiger partial charge < -0.3 is 18.3 Å². The second-order valence-corrected chi connectivity index (χ2v) is 20.4. The summed E-state index contributed by atoms with van der Waals surface area (Å²) in [4.78, 5) is 0. The lowest BCUT2D eigenvalue weighted by Gasteiger charge is -2.41. The largest absolute Gasteiger partial charge is 0.392 e. The van der Waals surface area contributed by atoms with Crippen LogP contribution in [0.5, 0.6) is 0 Å². The van der Waals surface area contributed by atoms with Crippen LogP contribution < -0.4 is 0 Å². The van der Waals surface area contributed by atoms with Crippen LogP contribution in [0.25, 0.3) is 0 Å². The maximum atomic E-state index is 6.63. The fraction of sp³-hybridized carbons (Fsp3) is 1.00. The molecule has 0 aliphatic heterocycles. The van der Waals surface area contributed by atoms with Gasteiger partial charge in [-0.15, -0.1) is 0 Å². The molecule has 0 spiro atoms. The molecule has 0 aromatic heterocycles. The van der Waals surface area contributed by atoms with Crippen LogP contribution in [0.1, 0.15) is 102 Å². The molecule has 0 saturated carbocycles. The molecule has 0 N–H and O–H groups in total. The Morgan fingerprint density at radius 1 is 0.516 bits per heavy atom. The molecule has 2 atom stereocenters. The fourth-order valence-electron chi connectivity index (χ4n) is 5.18. The summed E-state index contributed by atoms with van der Waals surface area (Å²) in [5, 5.41) is 0. The molecular weight excluding hydrogens is 420 g/mol. The first-order valence-electron chi connectivity index (χ1n) is 13.0. The van der Waals surface area contributed by atoms with Gasteiger partial charge in [0, 0.05) is 0 Å². The Labute approximate surface area is 197 Å². The number of hydrogen-bond donors (Lipinski definition) is 0. The maximum absolute atomic E-state index is 6.63. The summed E-state index contributed by atoms with van der Waals surface area (Å²) in [6.07, 6.45) is 2.91. The zero-order valence-corrected chi connectivity index (χ0v) is 25.0. The molecule has 0 amide bonds. The van der Waals surface area contributed by atoms with Crippen LogP contribution in [-0.2, 0) is 18.3 Å². The van der Waals surface area contributed by atoms with Crippen molar-refractivity contribution in [3.05, 3.63) is 0 Å². The van der Waals surface area contributed by atoms with Gasteiger partial charge in [-0.3, -0.25) is 0 Å². The molecule has 0 aromatic carbocycles. The van der Waals surface area contributed by atoms with E-state index < -0.39 is 16.6 Å². The molecule has 31 heavy (non-hydrogen) atoms. The van der Waals surface area contributed by atoms with Crippen LogP contribution in [0.3, 0.4) is 0 Å². The minimum atomic E-state index is -1.83. The lowest BCUT2D eigenvalue weighted by molar-refractivity contribution is -0.101. The first kappa shape index (κ1) is 31.3. The number of hydrogen-bond acceptors (Lipinski definition) is 4. The highest BCUT2D eigenvalue weighted by atomic mass is 28.4. The Kier molecular flexibility index (Phi) is 15.4. The molecule has 0 aromatic rings. The lowest BCUT2D eigenvalue weighted by atomic mass is 10.5. The predicted molar refractivity (Wildman–Crippen MR) is 140 cm³/mol. The van der Waals surface area contributed by atoms with E-state index in [9.17, 15) is 0 Å². The smallest absolute Gasteiger partial charge is 0.201 e. The van der Waals surface area contributed by atoms with Crippen molar-refractivity contribution in [2.45, 2.75) is 149 Å². The van der Waals surface area contributed by atoms with Crippen LogP contribution in [0.15, 0.2) is 0 Å². The van der Waals surface area contributed by atoms with Crippen LogP contribution >= 0.6 is 0 Å². The first-order valence-corrected chi connectivity index (χ1v) is 17.5. The molecule has 0 fully saturated rings. The highest BCUT2D eigenvalue weighted by molar-refractivity contribution is 6.76. The van der Waals surface area contributed by atoms with Crippen molar-refractivity contribution in [3.8, 4) is 0 Å². The molecule has 0 radical (unpaired) electrons. The second-order valence-electron chi connectivity index (χ2n) is 10.5. The fourth-order valence-corrected chi connectivity index (χ4v) is 14.4. The van der Waals surface area contributed by atoms with Crippen molar-refractivity contribution in [2.75, 3.05) is 13.2 Å². The van der Waals surface area contributed by atoms with Gasteiger partial charge in [-0.2, -0.15) is 0 Å². The van der Waals surface area contributed by atoms with E-state index in [4.69, 9.17) is 18.3 Å². The monoisotopic (exact) mass is 476 g/mol. The minimum absolute atomic E-state index is 0.150. The van der Waals surface area contributed by atoms with Crippen molar-refractivity contribution in [1.29, 1.82) is 0 Å². The third-order valence-corrected chi connectivity index (χ3v) is 18.9. The summed E-state index contributed by atoms with van der Waals surface area (Å²) in [6, 6.07) is 2.40. The van der Waals surface area contributed by atoms with Gasteiger partial charge in [0.25, 0.3) is 0 Å². The molecule has 0 bridgehead atoms. The van der Waals surface area contributed by atoms with Gasteiger partial charge >= 0.3 is 0 Å². The van der Waals surface area contributed by atoms with Gasteiger partial charge in [-0.1, -0.05) is 82.1 Å². The van der Waals surface area contributed by atoms with Gasteiger partial charge in [-0.05, 0) is 54.5 Å². The Hall–Kier alpha value is 0.274. The standard InChI is InChI=1S/C25H56O4Si2/c1-13-18-30(20(3)4,21(5)6)28-24(11)26-16-15-17-27-25(12)29-31(19-14-2,22(7)8)23(9)10/h20-25H,13-19H2,1-12H3. The summed E-state index contributed by atoms with van der Waals surface area (Å²) >= 11 is 0.